The van der Waals surface area contributed by atoms with Gasteiger partial charge in [0, 0.05) is 12.4 Å². The highest BCUT2D eigenvalue weighted by Gasteiger charge is 2.23. The fraction of sp³-hybridized carbons (Fsp3) is 0.400. The normalized spacial score (nSPS) is 11.9. The summed E-state index contributed by atoms with van der Waals surface area (Å²) in [5.74, 6) is -0.907. The van der Waals surface area contributed by atoms with Crippen molar-refractivity contribution in [3.05, 3.63) is 24.5 Å². The van der Waals surface area contributed by atoms with Gasteiger partial charge in [0.2, 0.25) is 0 Å². The van der Waals surface area contributed by atoms with Crippen molar-refractivity contribution in [1.82, 2.24) is 4.57 Å². The molecule has 5 nitrogen and oxygen atoms in total. The predicted molar refractivity (Wildman–Crippen MR) is 52.1 cm³/mol. The number of hydrogen-bond acceptors (Lipinski definition) is 4. The quantitative estimate of drug-likeness (QED) is 0.690. The first-order chi connectivity index (χ1) is 7.19. The number of carbonyl (C=O) groups excluding carboxylic acids is 2. The average Bonchev–Trinajstić information content (AvgIpc) is 2.77. The van der Waals surface area contributed by atoms with Crippen molar-refractivity contribution >= 4 is 11.9 Å². The molecule has 0 aliphatic carbocycles. The SMILES string of the molecule is COC(=O)C[C@H](C(=O)OC)n1cccc1. The van der Waals surface area contributed by atoms with Crippen LogP contribution in [0.2, 0.25) is 0 Å². The number of methoxy groups -OCH3 is 2. The molecule has 0 aliphatic heterocycles. The van der Waals surface area contributed by atoms with Gasteiger partial charge in [-0.15, -0.1) is 0 Å². The summed E-state index contributed by atoms with van der Waals surface area (Å²) in [4.78, 5) is 22.5. The minimum absolute atomic E-state index is 0.0299. The van der Waals surface area contributed by atoms with E-state index in [9.17, 15) is 9.59 Å². The fourth-order valence-corrected chi connectivity index (χ4v) is 1.24. The number of ether oxygens (including phenoxy) is 2. The average molecular weight is 211 g/mol. The second-order valence-electron chi connectivity index (χ2n) is 2.95. The van der Waals surface area contributed by atoms with Crippen LogP contribution in [0.3, 0.4) is 0 Å². The van der Waals surface area contributed by atoms with E-state index in [0.717, 1.165) is 0 Å². The molecule has 1 aromatic rings. The van der Waals surface area contributed by atoms with E-state index in [2.05, 4.69) is 9.47 Å². The number of rotatable bonds is 4. The Hall–Kier alpha value is -1.78. The Bertz CT molecular complexity index is 331. The number of nitrogens with zero attached hydrogens (tertiary/aromatic N) is 1. The van der Waals surface area contributed by atoms with Crippen LogP contribution in [0.15, 0.2) is 24.5 Å². The Morgan fingerprint density at radius 2 is 1.80 bits per heavy atom. The zero-order valence-corrected chi connectivity index (χ0v) is 8.67. The van der Waals surface area contributed by atoms with Gasteiger partial charge >= 0.3 is 11.9 Å². The van der Waals surface area contributed by atoms with Crippen molar-refractivity contribution in [2.75, 3.05) is 14.2 Å². The summed E-state index contributed by atoms with van der Waals surface area (Å²) in [6, 6.07) is 2.89. The van der Waals surface area contributed by atoms with Gasteiger partial charge in [0.25, 0.3) is 0 Å². The number of hydrogen-bond donors (Lipinski definition) is 0. The lowest BCUT2D eigenvalue weighted by Gasteiger charge is -2.14. The molecule has 0 aliphatic rings. The molecule has 15 heavy (non-hydrogen) atoms. The molecule has 0 spiro atoms. The molecule has 0 fully saturated rings. The van der Waals surface area contributed by atoms with Gasteiger partial charge in [-0.2, -0.15) is 0 Å². The maximum absolute atomic E-state index is 11.4. The van der Waals surface area contributed by atoms with Crippen molar-refractivity contribution in [1.29, 1.82) is 0 Å². The summed E-state index contributed by atoms with van der Waals surface area (Å²) >= 11 is 0. The molecule has 1 aromatic heterocycles. The standard InChI is InChI=1S/C10H13NO4/c1-14-9(12)7-8(10(13)15-2)11-5-3-4-6-11/h3-6,8H,7H2,1-2H3/t8-/m1/s1. The lowest BCUT2D eigenvalue weighted by Crippen LogP contribution is -2.23. The highest BCUT2D eigenvalue weighted by Crippen LogP contribution is 2.14. The Kier molecular flexibility index (Phi) is 3.91. The van der Waals surface area contributed by atoms with Gasteiger partial charge in [0.1, 0.15) is 6.04 Å². The van der Waals surface area contributed by atoms with Crippen LogP contribution in [-0.2, 0) is 19.1 Å². The van der Waals surface area contributed by atoms with E-state index in [1.165, 1.54) is 14.2 Å². The van der Waals surface area contributed by atoms with Crippen LogP contribution in [0.25, 0.3) is 0 Å². The molecule has 82 valence electrons. The predicted octanol–water partition coefficient (Wildman–Crippen LogP) is 0.765. The number of carbonyl (C=O) groups is 2. The van der Waals surface area contributed by atoms with E-state index < -0.39 is 18.0 Å². The summed E-state index contributed by atoms with van der Waals surface area (Å²) in [6.07, 6.45) is 3.37. The van der Waals surface area contributed by atoms with Gasteiger partial charge in [-0.25, -0.2) is 4.79 Å². The van der Waals surface area contributed by atoms with Gasteiger partial charge in [0.15, 0.2) is 0 Å². The smallest absolute Gasteiger partial charge is 0.329 e. The molecule has 1 rings (SSSR count). The molecule has 0 N–H and O–H groups in total. The molecule has 0 aromatic carbocycles. The van der Waals surface area contributed by atoms with Crippen LogP contribution in [-0.4, -0.2) is 30.7 Å². The molecule has 0 unspecified atom stereocenters. The van der Waals surface area contributed by atoms with Gasteiger partial charge in [-0.1, -0.05) is 0 Å². The lowest BCUT2D eigenvalue weighted by molar-refractivity contribution is -0.151. The Morgan fingerprint density at radius 1 is 1.20 bits per heavy atom. The summed E-state index contributed by atoms with van der Waals surface area (Å²) in [7, 11) is 2.57. The van der Waals surface area contributed by atoms with E-state index in [-0.39, 0.29) is 6.42 Å². The molecular formula is C10H13NO4. The van der Waals surface area contributed by atoms with Gasteiger partial charge < -0.3 is 14.0 Å². The monoisotopic (exact) mass is 211 g/mol. The van der Waals surface area contributed by atoms with Gasteiger partial charge in [-0.05, 0) is 12.1 Å². The third-order valence-electron chi connectivity index (χ3n) is 2.05. The molecule has 5 heteroatoms. The molecule has 0 amide bonds. The van der Waals surface area contributed by atoms with E-state index in [4.69, 9.17) is 0 Å². The van der Waals surface area contributed by atoms with Gasteiger partial charge in [0.05, 0.1) is 20.6 Å². The summed E-state index contributed by atoms with van der Waals surface area (Å²) in [5, 5.41) is 0. The molecule has 0 saturated carbocycles. The van der Waals surface area contributed by atoms with E-state index >= 15 is 0 Å². The molecule has 0 saturated heterocycles. The van der Waals surface area contributed by atoms with Crippen molar-refractivity contribution in [2.24, 2.45) is 0 Å². The zero-order valence-electron chi connectivity index (χ0n) is 8.67. The van der Waals surface area contributed by atoms with Crippen molar-refractivity contribution in [3.63, 3.8) is 0 Å². The Labute approximate surface area is 87.6 Å². The minimum Gasteiger partial charge on any atom is -0.469 e. The van der Waals surface area contributed by atoms with Crippen LogP contribution in [0, 0.1) is 0 Å². The molecular weight excluding hydrogens is 198 g/mol. The topological polar surface area (TPSA) is 57.5 Å². The van der Waals surface area contributed by atoms with E-state index in [0.29, 0.717) is 0 Å². The maximum atomic E-state index is 11.4. The van der Waals surface area contributed by atoms with Crippen LogP contribution in [0.5, 0.6) is 0 Å². The zero-order chi connectivity index (χ0) is 11.3. The van der Waals surface area contributed by atoms with Crippen molar-refractivity contribution in [3.8, 4) is 0 Å². The highest BCUT2D eigenvalue weighted by atomic mass is 16.5. The summed E-state index contributed by atoms with van der Waals surface area (Å²) in [6.45, 7) is 0. The first-order valence-electron chi connectivity index (χ1n) is 4.46. The largest absolute Gasteiger partial charge is 0.469 e. The molecule has 1 atom stereocenters. The molecule has 0 radical (unpaired) electrons. The third-order valence-corrected chi connectivity index (χ3v) is 2.05. The van der Waals surface area contributed by atoms with E-state index in [1.54, 1.807) is 29.1 Å². The highest BCUT2D eigenvalue weighted by molar-refractivity contribution is 5.81. The molecule has 0 bridgehead atoms. The van der Waals surface area contributed by atoms with Crippen LogP contribution >= 0.6 is 0 Å². The minimum atomic E-state index is -0.655. The number of aromatic nitrogens is 1. The fourth-order valence-electron chi connectivity index (χ4n) is 1.24. The third kappa shape index (κ3) is 2.83. The van der Waals surface area contributed by atoms with Gasteiger partial charge in [-0.3, -0.25) is 4.79 Å². The molecule has 1 heterocycles. The first kappa shape index (κ1) is 11.3. The van der Waals surface area contributed by atoms with Crippen molar-refractivity contribution in [2.45, 2.75) is 12.5 Å². The summed E-state index contributed by atoms with van der Waals surface area (Å²) in [5.41, 5.74) is 0. The Balaban J connectivity index is 2.79. The number of esters is 2. The first-order valence-corrected chi connectivity index (χ1v) is 4.46. The maximum Gasteiger partial charge on any atom is 0.329 e. The van der Waals surface area contributed by atoms with E-state index in [1.807, 2.05) is 0 Å². The van der Waals surface area contributed by atoms with Crippen LogP contribution in [0.4, 0.5) is 0 Å². The van der Waals surface area contributed by atoms with Crippen molar-refractivity contribution < 1.29 is 19.1 Å². The lowest BCUT2D eigenvalue weighted by atomic mass is 10.2. The van der Waals surface area contributed by atoms with Crippen LogP contribution in [0.1, 0.15) is 12.5 Å². The Morgan fingerprint density at radius 3 is 2.27 bits per heavy atom. The summed E-state index contributed by atoms with van der Waals surface area (Å²) < 4.78 is 10.7. The second kappa shape index (κ2) is 5.19. The second-order valence-corrected chi connectivity index (χ2v) is 2.95. The van der Waals surface area contributed by atoms with Crippen LogP contribution < -0.4 is 0 Å².